The molecular formula is C19H28N2O3. The zero-order valence-corrected chi connectivity index (χ0v) is 15.1. The van der Waals surface area contributed by atoms with Crippen LogP contribution in [0.25, 0.3) is 0 Å². The third-order valence-corrected chi connectivity index (χ3v) is 4.50. The highest BCUT2D eigenvalue weighted by atomic mass is 16.3. The van der Waals surface area contributed by atoms with Crippen LogP contribution in [-0.2, 0) is 4.79 Å². The van der Waals surface area contributed by atoms with Crippen molar-refractivity contribution >= 4 is 17.5 Å². The van der Waals surface area contributed by atoms with Gasteiger partial charge in [-0.25, -0.2) is 0 Å². The van der Waals surface area contributed by atoms with Crippen LogP contribution in [0.4, 0.5) is 5.69 Å². The number of benzene rings is 1. The fourth-order valence-electron chi connectivity index (χ4n) is 3.00. The third kappa shape index (κ3) is 4.35. The molecule has 0 saturated heterocycles. The molecule has 1 aromatic carbocycles. The number of hydrogen-bond acceptors (Lipinski definition) is 3. The molecule has 1 saturated carbocycles. The molecule has 0 unspecified atom stereocenters. The topological polar surface area (TPSA) is 69.6 Å². The van der Waals surface area contributed by atoms with Gasteiger partial charge in [0.2, 0.25) is 5.91 Å². The predicted molar refractivity (Wildman–Crippen MR) is 94.9 cm³/mol. The van der Waals surface area contributed by atoms with Crippen LogP contribution in [0.3, 0.4) is 0 Å². The van der Waals surface area contributed by atoms with Gasteiger partial charge in [0.1, 0.15) is 0 Å². The van der Waals surface area contributed by atoms with Crippen LogP contribution in [0.1, 0.15) is 56.8 Å². The predicted octanol–water partition coefficient (Wildman–Crippen LogP) is 3.05. The Labute approximate surface area is 144 Å². The molecule has 1 aliphatic carbocycles. The van der Waals surface area contributed by atoms with E-state index in [1.54, 1.807) is 36.2 Å². The van der Waals surface area contributed by atoms with Crippen molar-refractivity contribution in [2.45, 2.75) is 52.1 Å². The van der Waals surface area contributed by atoms with Gasteiger partial charge in [0, 0.05) is 19.0 Å². The van der Waals surface area contributed by atoms with Crippen molar-refractivity contribution in [3.05, 3.63) is 29.8 Å². The summed E-state index contributed by atoms with van der Waals surface area (Å²) in [4.78, 5) is 26.6. The number of nitrogens with zero attached hydrogens (tertiary/aromatic N) is 1. The zero-order chi connectivity index (χ0) is 18.0. The van der Waals surface area contributed by atoms with Gasteiger partial charge in [-0.05, 0) is 25.0 Å². The Hall–Kier alpha value is -1.88. The molecule has 0 bridgehead atoms. The average Bonchev–Trinajstić information content (AvgIpc) is 2.92. The van der Waals surface area contributed by atoms with E-state index in [9.17, 15) is 14.7 Å². The van der Waals surface area contributed by atoms with Gasteiger partial charge in [-0.1, -0.05) is 45.7 Å². The highest BCUT2D eigenvalue weighted by Gasteiger charge is 2.34. The first kappa shape index (κ1) is 18.5. The minimum atomic E-state index is -0.784. The van der Waals surface area contributed by atoms with Crippen LogP contribution >= 0.6 is 0 Å². The summed E-state index contributed by atoms with van der Waals surface area (Å²) >= 11 is 0. The third-order valence-electron chi connectivity index (χ3n) is 4.50. The van der Waals surface area contributed by atoms with Crippen molar-refractivity contribution in [3.63, 3.8) is 0 Å². The van der Waals surface area contributed by atoms with E-state index in [2.05, 4.69) is 5.32 Å². The number of rotatable bonds is 4. The summed E-state index contributed by atoms with van der Waals surface area (Å²) in [6.07, 6.45) is 3.45. The quantitative estimate of drug-likeness (QED) is 0.890. The van der Waals surface area contributed by atoms with Crippen LogP contribution in [0.5, 0.6) is 0 Å². The lowest BCUT2D eigenvalue weighted by molar-refractivity contribution is -0.123. The Kier molecular flexibility index (Phi) is 5.33. The monoisotopic (exact) mass is 332 g/mol. The molecule has 2 amide bonds. The molecule has 0 radical (unpaired) electrons. The van der Waals surface area contributed by atoms with Crippen molar-refractivity contribution in [3.8, 4) is 0 Å². The number of hydrogen-bond donors (Lipinski definition) is 2. The van der Waals surface area contributed by atoms with Crippen LogP contribution < -0.4 is 5.32 Å². The van der Waals surface area contributed by atoms with E-state index in [4.69, 9.17) is 0 Å². The first-order chi connectivity index (χ1) is 11.1. The minimum Gasteiger partial charge on any atom is -0.388 e. The molecule has 24 heavy (non-hydrogen) atoms. The Balaban J connectivity index is 2.16. The Bertz CT molecular complexity index is 613. The molecule has 0 heterocycles. The van der Waals surface area contributed by atoms with Crippen LogP contribution in [0.15, 0.2) is 24.3 Å². The number of nitrogens with one attached hydrogen (secondary N) is 1. The molecule has 1 aromatic rings. The van der Waals surface area contributed by atoms with Gasteiger partial charge in [-0.2, -0.15) is 0 Å². The van der Waals surface area contributed by atoms with Crippen LogP contribution in [0.2, 0.25) is 0 Å². The van der Waals surface area contributed by atoms with Gasteiger partial charge in [0.15, 0.2) is 0 Å². The molecule has 5 nitrogen and oxygen atoms in total. The molecule has 0 atom stereocenters. The summed E-state index contributed by atoms with van der Waals surface area (Å²) in [7, 11) is 1.70. The van der Waals surface area contributed by atoms with E-state index in [0.717, 1.165) is 25.7 Å². The number of para-hydroxylation sites is 1. The number of anilines is 1. The zero-order valence-electron chi connectivity index (χ0n) is 15.1. The van der Waals surface area contributed by atoms with Crippen molar-refractivity contribution in [2.24, 2.45) is 5.41 Å². The number of carbonyl (C=O) groups is 2. The minimum absolute atomic E-state index is 0.139. The normalized spacial score (nSPS) is 16.7. The van der Waals surface area contributed by atoms with Gasteiger partial charge in [-0.15, -0.1) is 0 Å². The molecule has 2 N–H and O–H groups in total. The summed E-state index contributed by atoms with van der Waals surface area (Å²) in [6, 6.07) is 7.00. The SMILES string of the molecule is CN(CC1(O)CCCC1)C(=O)c1ccccc1NC(=O)C(C)(C)C. The molecule has 2 rings (SSSR count). The van der Waals surface area contributed by atoms with Crippen molar-refractivity contribution in [1.82, 2.24) is 4.90 Å². The molecule has 0 spiro atoms. The largest absolute Gasteiger partial charge is 0.388 e. The second kappa shape index (κ2) is 6.93. The van der Waals surface area contributed by atoms with Gasteiger partial charge in [0.25, 0.3) is 5.91 Å². The molecule has 1 fully saturated rings. The lowest BCUT2D eigenvalue weighted by Crippen LogP contribution is -2.42. The van der Waals surface area contributed by atoms with E-state index in [0.29, 0.717) is 17.8 Å². The number of amides is 2. The molecule has 132 valence electrons. The fourth-order valence-corrected chi connectivity index (χ4v) is 3.00. The van der Waals surface area contributed by atoms with Gasteiger partial charge < -0.3 is 15.3 Å². The van der Waals surface area contributed by atoms with E-state index in [-0.39, 0.29) is 11.8 Å². The summed E-state index contributed by atoms with van der Waals surface area (Å²) in [6.45, 7) is 5.80. The first-order valence-corrected chi connectivity index (χ1v) is 8.51. The lowest BCUT2D eigenvalue weighted by atomic mass is 9.95. The molecule has 0 aromatic heterocycles. The standard InChI is InChI=1S/C19H28N2O3/c1-18(2,3)17(23)20-15-10-6-5-9-14(15)16(22)21(4)13-19(24)11-7-8-12-19/h5-6,9-10,24H,7-8,11-13H2,1-4H3,(H,20,23). The molecule has 5 heteroatoms. The first-order valence-electron chi connectivity index (χ1n) is 8.51. The Morgan fingerprint density at radius 1 is 1.21 bits per heavy atom. The van der Waals surface area contributed by atoms with Gasteiger partial charge >= 0.3 is 0 Å². The molecule has 0 aliphatic heterocycles. The lowest BCUT2D eigenvalue weighted by Gasteiger charge is -2.29. The smallest absolute Gasteiger partial charge is 0.255 e. The summed E-state index contributed by atoms with van der Waals surface area (Å²) in [5, 5.41) is 13.4. The Morgan fingerprint density at radius 2 is 1.79 bits per heavy atom. The molecular weight excluding hydrogens is 304 g/mol. The van der Waals surface area contributed by atoms with E-state index in [1.807, 2.05) is 20.8 Å². The van der Waals surface area contributed by atoms with E-state index >= 15 is 0 Å². The number of likely N-dealkylation sites (N-methyl/N-ethyl adjacent to an activating group) is 1. The highest BCUT2D eigenvalue weighted by Crippen LogP contribution is 2.30. The summed E-state index contributed by atoms with van der Waals surface area (Å²) in [5.41, 5.74) is -0.374. The number of aliphatic hydroxyl groups is 1. The van der Waals surface area contributed by atoms with Gasteiger partial charge in [0.05, 0.1) is 16.9 Å². The maximum absolute atomic E-state index is 12.8. The molecule has 1 aliphatic rings. The number of carbonyl (C=O) groups excluding carboxylic acids is 2. The maximum atomic E-state index is 12.8. The maximum Gasteiger partial charge on any atom is 0.255 e. The van der Waals surface area contributed by atoms with Crippen LogP contribution in [0, 0.1) is 5.41 Å². The van der Waals surface area contributed by atoms with Crippen molar-refractivity contribution in [1.29, 1.82) is 0 Å². The second-order valence-corrected chi connectivity index (χ2v) is 7.84. The Morgan fingerprint density at radius 3 is 2.38 bits per heavy atom. The van der Waals surface area contributed by atoms with E-state index in [1.165, 1.54) is 0 Å². The van der Waals surface area contributed by atoms with Crippen molar-refractivity contribution < 1.29 is 14.7 Å². The van der Waals surface area contributed by atoms with Crippen molar-refractivity contribution in [2.75, 3.05) is 18.9 Å². The van der Waals surface area contributed by atoms with Crippen LogP contribution in [-0.4, -0.2) is 41.0 Å². The fraction of sp³-hybridized carbons (Fsp3) is 0.579. The van der Waals surface area contributed by atoms with E-state index < -0.39 is 11.0 Å². The summed E-state index contributed by atoms with van der Waals surface area (Å²) in [5.74, 6) is -0.333. The second-order valence-electron chi connectivity index (χ2n) is 7.84. The highest BCUT2D eigenvalue weighted by molar-refractivity contribution is 6.04. The van der Waals surface area contributed by atoms with Gasteiger partial charge in [-0.3, -0.25) is 9.59 Å². The summed E-state index contributed by atoms with van der Waals surface area (Å²) < 4.78 is 0. The average molecular weight is 332 g/mol.